The van der Waals surface area contributed by atoms with E-state index in [0.717, 1.165) is 57.8 Å². The van der Waals surface area contributed by atoms with Gasteiger partial charge in [-0.15, -0.1) is 91.5 Å². The molecule has 8 aromatic rings. The van der Waals surface area contributed by atoms with Crippen molar-refractivity contribution in [2.45, 2.75) is 54.2 Å². The summed E-state index contributed by atoms with van der Waals surface area (Å²) in [7, 11) is -1.69. The Morgan fingerprint density at radius 1 is 0.591 bits per heavy atom. The second-order valence-electron chi connectivity index (χ2n) is 15.9. The molecule has 8 rings (SSSR count). The molecule has 0 spiro atoms. The zero-order valence-electron chi connectivity index (χ0n) is 48.5. The molecule has 0 radical (unpaired) electrons. The average molecular weight is 1380 g/mol. The number of carbonyl (C=O) groups excluding carboxylic acids is 6. The number of esters is 6. The Morgan fingerprint density at radius 2 is 1.02 bits per heavy atom. The molecule has 0 aliphatic heterocycles. The number of fused-ring (bicyclic) bond motifs is 2. The van der Waals surface area contributed by atoms with Gasteiger partial charge in [-0.2, -0.15) is 31.2 Å². The summed E-state index contributed by atoms with van der Waals surface area (Å²) in [5, 5.41) is 47.7. The van der Waals surface area contributed by atoms with Gasteiger partial charge >= 0.3 is 35.8 Å². The molecule has 0 amide bonds. The number of thioether (sulfide) groups is 2. The van der Waals surface area contributed by atoms with E-state index in [2.05, 4.69) is 20.7 Å². The number of nitrogens with one attached hydrogen (secondary N) is 2. The highest BCUT2D eigenvalue weighted by atomic mass is 32.2. The topological polar surface area (TPSA) is 450 Å². The predicted octanol–water partition coefficient (Wildman–Crippen LogP) is 9.68. The van der Waals surface area contributed by atoms with Gasteiger partial charge in [-0.1, -0.05) is 0 Å². The van der Waals surface area contributed by atoms with Crippen molar-refractivity contribution >= 4 is 180 Å². The minimum Gasteiger partial charge on any atom is -0.462 e. The Hall–Kier alpha value is -8.27. The molecule has 468 valence electrons. The molecule has 8 heterocycles. The van der Waals surface area contributed by atoms with Crippen molar-refractivity contribution in [3.8, 4) is 24.3 Å². The molecule has 0 saturated heterocycles. The van der Waals surface area contributed by atoms with E-state index in [1.807, 2.05) is 30.7 Å². The third-order valence-electron chi connectivity index (χ3n) is 10.0. The third-order valence-corrected chi connectivity index (χ3v) is 20.8. The highest BCUT2D eigenvalue weighted by molar-refractivity contribution is 8.00. The first-order chi connectivity index (χ1) is 41.8. The van der Waals surface area contributed by atoms with E-state index in [-0.39, 0.29) is 44.9 Å². The van der Waals surface area contributed by atoms with Gasteiger partial charge in [-0.3, -0.25) is 9.78 Å². The molecule has 0 aromatic carbocycles. The summed E-state index contributed by atoms with van der Waals surface area (Å²) in [5.74, 6) is 3.60. The number of sulfone groups is 1. The number of hydrazine groups is 1. The number of nitrogens with two attached hydrogens (primary N) is 4. The normalized spacial score (nSPS) is 10.1. The first-order valence-electron chi connectivity index (χ1n) is 25.0. The van der Waals surface area contributed by atoms with Crippen molar-refractivity contribution in [2.24, 2.45) is 12.9 Å². The SMILES string of the molecule is CCOC(=O)c1cc(C#N)c(NN)s1.CCOC(=O)c1cc(C#N)c(S(C)(=O)=O)s1.CCOC(=O)c1cc(C#N)c(SC)s1.CCOC(=O)c1cc2c(N)[nH]nc2s1.CCOC(=O)c1cc2c(N)nn(C)c2s1.CCOC(=O)c1sc(SC)c(C#N)c1N. The van der Waals surface area contributed by atoms with Crippen molar-refractivity contribution in [2.75, 3.05) is 81.0 Å². The molecule has 0 atom stereocenters. The number of thiophene rings is 6. The molecular weight excluding hydrogens is 1320 g/mol. The fourth-order valence-corrected chi connectivity index (χ4v) is 14.5. The lowest BCUT2D eigenvalue weighted by Crippen LogP contribution is -2.05. The van der Waals surface area contributed by atoms with Crippen molar-refractivity contribution in [1.29, 1.82) is 21.0 Å². The van der Waals surface area contributed by atoms with Crippen LogP contribution in [0.3, 0.4) is 0 Å². The lowest BCUT2D eigenvalue weighted by Gasteiger charge is -1.98. The molecule has 0 aliphatic carbocycles. The van der Waals surface area contributed by atoms with Crippen LogP contribution in [-0.4, -0.2) is 123 Å². The van der Waals surface area contributed by atoms with Crippen LogP contribution in [-0.2, 0) is 45.3 Å². The monoisotopic (exact) mass is 1380 g/mol. The maximum absolute atomic E-state index is 11.5. The summed E-state index contributed by atoms with van der Waals surface area (Å²) in [6.07, 6.45) is 4.71. The van der Waals surface area contributed by atoms with Gasteiger partial charge in [0.05, 0.1) is 81.2 Å². The van der Waals surface area contributed by atoms with Gasteiger partial charge in [-0.25, -0.2) is 43.0 Å². The Kier molecular flexibility index (Phi) is 30.4. The molecule has 0 fully saturated rings. The number of rotatable bonds is 16. The van der Waals surface area contributed by atoms with Crippen LogP contribution < -0.4 is 28.5 Å². The number of aromatic nitrogens is 4. The number of H-pyrrole nitrogens is 1. The van der Waals surface area contributed by atoms with Gasteiger partial charge in [0, 0.05) is 13.3 Å². The summed E-state index contributed by atoms with van der Waals surface area (Å²) >= 11 is 9.82. The van der Waals surface area contributed by atoms with Gasteiger partial charge in [-0.05, 0) is 84.4 Å². The third kappa shape index (κ3) is 20.1. The van der Waals surface area contributed by atoms with Crippen LogP contribution >= 0.6 is 91.5 Å². The van der Waals surface area contributed by atoms with Crippen LogP contribution in [0.1, 0.15) is 122 Å². The highest BCUT2D eigenvalue weighted by Crippen LogP contribution is 2.37. The molecule has 0 unspecified atom stereocenters. The molecule has 0 aliphatic rings. The molecular formula is C52H57N13O14S9. The van der Waals surface area contributed by atoms with Crippen molar-refractivity contribution in [1.82, 2.24) is 20.0 Å². The summed E-state index contributed by atoms with van der Waals surface area (Å²) < 4.78 is 54.7. The van der Waals surface area contributed by atoms with E-state index >= 15 is 0 Å². The Labute approximate surface area is 536 Å². The van der Waals surface area contributed by atoms with Crippen molar-refractivity contribution < 1.29 is 65.6 Å². The fraction of sp³-hybridized carbons (Fsp3) is 0.308. The number of hydrogen-bond donors (Lipinski definition) is 6. The number of nitriles is 4. The van der Waals surface area contributed by atoms with E-state index in [1.54, 1.807) is 77.5 Å². The van der Waals surface area contributed by atoms with E-state index in [9.17, 15) is 37.2 Å². The lowest BCUT2D eigenvalue weighted by molar-refractivity contribution is 0.0522. The van der Waals surface area contributed by atoms with E-state index in [4.69, 9.17) is 72.5 Å². The van der Waals surface area contributed by atoms with Crippen LogP contribution in [0.15, 0.2) is 43.0 Å². The Balaban J connectivity index is 0.000000276. The predicted molar refractivity (Wildman–Crippen MR) is 342 cm³/mol. The highest BCUT2D eigenvalue weighted by Gasteiger charge is 2.24. The first kappa shape index (κ1) is 74.0. The van der Waals surface area contributed by atoms with Crippen LogP contribution in [0, 0.1) is 45.3 Å². The number of hydrogen-bond acceptors (Lipinski definition) is 33. The zero-order chi connectivity index (χ0) is 66.0. The number of aryl methyl sites for hydroxylation is 1. The lowest BCUT2D eigenvalue weighted by atomic mass is 10.3. The molecule has 0 bridgehead atoms. The number of aromatic amines is 1. The number of nitrogens with zero attached hydrogens (tertiary/aromatic N) is 7. The van der Waals surface area contributed by atoms with E-state index in [1.165, 1.54) is 81.0 Å². The zero-order valence-corrected chi connectivity index (χ0v) is 55.8. The van der Waals surface area contributed by atoms with Gasteiger partial charge in [0.2, 0.25) is 0 Å². The van der Waals surface area contributed by atoms with Gasteiger partial charge in [0.15, 0.2) is 15.7 Å². The minimum atomic E-state index is -3.48. The number of ether oxygens (including phenoxy) is 6. The molecule has 0 saturated carbocycles. The number of carbonyl (C=O) groups is 6. The quantitative estimate of drug-likeness (QED) is 0.0172. The fourth-order valence-electron chi connectivity index (χ4n) is 6.34. The second kappa shape index (κ2) is 36.1. The standard InChI is InChI=1S/C9H11N3O2S.C9H10N2O2S2.C9H9NO4S2.C9H9NO2S2.2C8H9N3O2S/c1-3-14-9(13)6-4-5-7(10)11-12(2)8(5)15-6;1-3-13-8(12)7-6(11)5(4-10)9(14-2)15-7;1-3-14-8(11)7-4-6(5-10)9(15-7)16(2,12)13;1-3-12-8(11)7-4-6(5-10)9(13-2)14-7;1-2-13-8(12)5-3-4-6(9)10-11-7(4)14-5;1-2-13-8(12)6-3-5(4-9)7(11-10)14-6/h4H,3H2,1-2H3,(H2,10,11);3,11H2,1-2H3;4H,3H2,1-2H3;4H,3H2,1-2H3;3H,2H2,1H3,(H3,9,10,11);3,11H,2,10H2,1H3. The summed E-state index contributed by atoms with van der Waals surface area (Å²) in [4.78, 5) is 72.2. The molecule has 36 heteroatoms. The van der Waals surface area contributed by atoms with E-state index < -0.39 is 27.7 Å². The Bertz CT molecular complexity index is 3940. The number of anilines is 4. The summed E-state index contributed by atoms with van der Waals surface area (Å²) in [6, 6.07) is 15.4. The van der Waals surface area contributed by atoms with Gasteiger partial charge < -0.3 is 51.0 Å². The summed E-state index contributed by atoms with van der Waals surface area (Å²) in [6.45, 7) is 12.3. The van der Waals surface area contributed by atoms with Crippen LogP contribution in [0.4, 0.5) is 22.3 Å². The maximum atomic E-state index is 11.5. The van der Waals surface area contributed by atoms with Crippen LogP contribution in [0.2, 0.25) is 0 Å². The average Bonchev–Trinajstić information content (AvgIpc) is 2.70. The number of nitrogen functional groups attached to an aromatic ring is 4. The largest absolute Gasteiger partial charge is 0.462 e. The minimum absolute atomic E-state index is 0.0180. The van der Waals surface area contributed by atoms with Crippen LogP contribution in [0.25, 0.3) is 20.4 Å². The van der Waals surface area contributed by atoms with Crippen molar-refractivity contribution in [3.63, 3.8) is 0 Å². The van der Waals surface area contributed by atoms with Crippen molar-refractivity contribution in [3.05, 3.63) is 81.8 Å². The molecule has 8 aromatic heterocycles. The van der Waals surface area contributed by atoms with Gasteiger partial charge in [0.1, 0.15) is 83.8 Å². The summed E-state index contributed by atoms with van der Waals surface area (Å²) in [5.41, 5.74) is 20.8. The Morgan fingerprint density at radius 3 is 1.41 bits per heavy atom. The van der Waals surface area contributed by atoms with Crippen LogP contribution in [0.5, 0.6) is 0 Å². The first-order valence-corrected chi connectivity index (χ1v) is 34.3. The maximum Gasteiger partial charge on any atom is 0.350 e. The molecule has 88 heavy (non-hydrogen) atoms. The van der Waals surface area contributed by atoms with Gasteiger partial charge in [0.25, 0.3) is 0 Å². The van der Waals surface area contributed by atoms with E-state index in [0.29, 0.717) is 90.7 Å². The molecule has 27 nitrogen and oxygen atoms in total. The second-order valence-corrected chi connectivity index (χ2v) is 26.5. The molecule has 10 N–H and O–H groups in total. The smallest absolute Gasteiger partial charge is 0.350 e.